The third-order valence-electron chi connectivity index (χ3n) is 22.3. The zero-order valence-corrected chi connectivity index (χ0v) is 82.5. The molecular weight excluding hydrogens is 1520 g/mol. The summed E-state index contributed by atoms with van der Waals surface area (Å²) in [6, 6.07) is 74.0. The van der Waals surface area contributed by atoms with Crippen LogP contribution in [0.25, 0.3) is 21.5 Å². The van der Waals surface area contributed by atoms with Crippen LogP contribution in [0.3, 0.4) is 0 Å². The van der Waals surface area contributed by atoms with E-state index in [2.05, 4.69) is 336 Å². The van der Waals surface area contributed by atoms with E-state index in [1.165, 1.54) is 134 Å². The normalized spacial score (nSPS) is 12.1. The van der Waals surface area contributed by atoms with Gasteiger partial charge in [-0.25, -0.2) is 4.39 Å². The van der Waals surface area contributed by atoms with E-state index in [-0.39, 0.29) is 17.7 Å². The second-order valence-corrected chi connectivity index (χ2v) is 37.6. The van der Waals surface area contributed by atoms with Crippen molar-refractivity contribution in [2.75, 3.05) is 7.11 Å². The van der Waals surface area contributed by atoms with Gasteiger partial charge in [0, 0.05) is 17.4 Å². The fourth-order valence-electron chi connectivity index (χ4n) is 13.3. The highest BCUT2D eigenvalue weighted by Crippen LogP contribution is 2.38. The maximum Gasteiger partial charge on any atom is 0.416 e. The van der Waals surface area contributed by atoms with E-state index in [1.807, 2.05) is 63.4 Å². The van der Waals surface area contributed by atoms with Crippen molar-refractivity contribution in [1.82, 2.24) is 4.98 Å². The molecule has 0 aliphatic heterocycles. The summed E-state index contributed by atoms with van der Waals surface area (Å²) < 4.78 is 56.1. The maximum atomic E-state index is 13.1. The van der Waals surface area contributed by atoms with Gasteiger partial charge in [0.1, 0.15) is 11.6 Å². The highest BCUT2D eigenvalue weighted by Gasteiger charge is 2.34. The van der Waals surface area contributed by atoms with Gasteiger partial charge in [-0.1, -0.05) is 422 Å². The molecular formula is C115H162ClF4NO. The van der Waals surface area contributed by atoms with Crippen molar-refractivity contribution in [2.24, 2.45) is 29.6 Å². The minimum Gasteiger partial charge on any atom is -0.496 e. The fraction of sp³-hybridized carbons (Fsp3) is 0.470. The van der Waals surface area contributed by atoms with Crippen LogP contribution >= 0.6 is 11.6 Å². The Balaban J connectivity index is 0.000000455. The molecule has 0 spiro atoms. The molecule has 0 atom stereocenters. The van der Waals surface area contributed by atoms with E-state index in [0.29, 0.717) is 52.6 Å². The molecule has 1 aromatic heterocycles. The smallest absolute Gasteiger partial charge is 0.416 e. The quantitative estimate of drug-likeness (QED) is 0.107. The lowest BCUT2D eigenvalue weighted by Crippen LogP contribution is -2.11. The van der Waals surface area contributed by atoms with Crippen molar-refractivity contribution in [3.05, 3.63) is 331 Å². The number of pyridine rings is 1. The van der Waals surface area contributed by atoms with Crippen LogP contribution in [0.15, 0.2) is 231 Å². The second-order valence-electron chi connectivity index (χ2n) is 37.2. The van der Waals surface area contributed by atoms with Gasteiger partial charge in [0.15, 0.2) is 0 Å². The van der Waals surface area contributed by atoms with Gasteiger partial charge in [0.05, 0.1) is 12.7 Å². The van der Waals surface area contributed by atoms with Crippen LogP contribution in [0.1, 0.15) is 360 Å². The Bertz CT molecular complexity index is 4560. The lowest BCUT2D eigenvalue weighted by atomic mass is 9.92. The van der Waals surface area contributed by atoms with E-state index in [0.717, 1.165) is 57.6 Å². The van der Waals surface area contributed by atoms with Gasteiger partial charge in [0.25, 0.3) is 0 Å². The lowest BCUT2D eigenvalue weighted by molar-refractivity contribution is -0.138. The van der Waals surface area contributed by atoms with Gasteiger partial charge in [-0.2, -0.15) is 13.2 Å². The molecule has 2 fully saturated rings. The molecule has 1 heterocycles. The molecule has 7 heteroatoms. The van der Waals surface area contributed by atoms with Gasteiger partial charge in [-0.3, -0.25) is 4.98 Å². The first-order valence-electron chi connectivity index (χ1n) is 45.7. The molecule has 0 N–H and O–H groups in total. The Morgan fingerprint density at radius 1 is 0.361 bits per heavy atom. The first-order valence-corrected chi connectivity index (χ1v) is 46.0. The molecule has 0 unspecified atom stereocenters. The number of alkyl halides is 3. The molecule has 0 amide bonds. The van der Waals surface area contributed by atoms with E-state index < -0.39 is 11.7 Å². The Morgan fingerprint density at radius 3 is 1.12 bits per heavy atom. The third-order valence-corrected chi connectivity index (χ3v) is 22.6. The summed E-state index contributed by atoms with van der Waals surface area (Å²) in [5.41, 5.74) is 17.1. The molecule has 0 radical (unpaired) electrons. The van der Waals surface area contributed by atoms with Crippen molar-refractivity contribution in [3.63, 3.8) is 0 Å². The Morgan fingerprint density at radius 2 is 0.754 bits per heavy atom. The van der Waals surface area contributed by atoms with Crippen molar-refractivity contribution >= 4 is 33.1 Å². The van der Waals surface area contributed by atoms with Crippen LogP contribution in [-0.4, -0.2) is 12.1 Å². The number of benzene rings is 10. The predicted molar refractivity (Wildman–Crippen MR) is 532 cm³/mol. The SMILES string of the molecule is CC(C)C1CC1.CC(C)C1CCCC1.CC(C)c1ccc2ccccc2c1.CC(C)c1ccccc1Cl.CC(C)c1cccnc1.CCC(C)C.COc1cc(C(C)C)ccc1C.Cc1ccc(C(C)C)c(F)c1.Cc1ccc(C(C)C)cc1.Cc1ccc(C(C)C)cc1.Cc1ccc2cc(C(C)C)ccc2c1.Cc1cccc(C(F)(F)F)c1C(C)C. The summed E-state index contributed by atoms with van der Waals surface area (Å²) in [6.07, 6.45) is 9.73. The number of nitrogens with zero attached hydrogens (tertiary/aromatic N) is 1. The maximum absolute atomic E-state index is 13.1. The standard InChI is InChI=1S/C14H16.C13H14.C11H13F3.C11H16O.C10H13F.2C10H14.C9H11Cl.C8H11N.C8H16.C6H12.C5H12/c1-10(2)12-6-7-13-8-11(3)4-5-14(13)9-12;1-10(2)12-8-7-11-5-3-4-6-13(11)9-12;1-7(2)10-8(3)5-4-6-9(10)11(12,13)14;1-8(2)10-6-5-9(3)11(7-10)12-4;1-7(2)9-5-4-8(3)6-10(9)11;2*1-8(2)10-6-4-9(3)5-7-10;1-7(2)8-5-3-4-6-9(8)10;1-7(2)8-4-3-5-9-6-8;1-7(2)8-5-3-4-6-8;1-5(2)6-3-4-6;1-4-5(2)3/h4-10H,1-3H3;3-10H,1-2H3;4-7H,1-3H3;5-8H,1-4H3;4-7H,1-3H3;2*4-8H,1-3H3;3-7H,1-2H3;3-7H,1-2H3;7-8H,3-6H2,1-2H3;5-6H,3-4H2,1-2H3;5H,4H2,1-3H3. The fourth-order valence-corrected chi connectivity index (χ4v) is 13.6. The number of methoxy groups -OCH3 is 1. The molecule has 0 bridgehead atoms. The molecule has 2 aliphatic rings. The molecule has 2 saturated carbocycles. The number of ether oxygens (including phenoxy) is 1. The van der Waals surface area contributed by atoms with Crippen molar-refractivity contribution in [1.29, 1.82) is 0 Å². The average Bonchev–Trinajstić information content (AvgIpc) is 0.941. The number of hydrogen-bond acceptors (Lipinski definition) is 2. The molecule has 122 heavy (non-hydrogen) atoms. The monoisotopic (exact) mass is 1680 g/mol. The summed E-state index contributed by atoms with van der Waals surface area (Å²) in [7, 11) is 1.71. The lowest BCUT2D eigenvalue weighted by Gasteiger charge is -2.17. The van der Waals surface area contributed by atoms with Gasteiger partial charge in [-0.05, 0) is 256 Å². The average molecular weight is 1690 g/mol. The zero-order valence-electron chi connectivity index (χ0n) is 81.7. The molecule has 0 saturated heterocycles. The first-order chi connectivity index (χ1) is 57.3. The van der Waals surface area contributed by atoms with Crippen LogP contribution in [0, 0.1) is 76.9 Å². The number of fused-ring (bicyclic) bond motifs is 2. The van der Waals surface area contributed by atoms with Crippen LogP contribution in [0.2, 0.25) is 5.02 Å². The Labute approximate surface area is 747 Å². The molecule has 2 nitrogen and oxygen atoms in total. The van der Waals surface area contributed by atoms with E-state index in [4.69, 9.17) is 16.3 Å². The number of rotatable bonds is 13. The molecule has 10 aromatic carbocycles. The van der Waals surface area contributed by atoms with Crippen LogP contribution < -0.4 is 4.74 Å². The summed E-state index contributed by atoms with van der Waals surface area (Å²) in [5, 5.41) is 6.23. The molecule has 13 rings (SSSR count). The largest absolute Gasteiger partial charge is 0.496 e. The molecule has 11 aromatic rings. The van der Waals surface area contributed by atoms with Crippen LogP contribution in [0.5, 0.6) is 5.75 Å². The van der Waals surface area contributed by atoms with Crippen LogP contribution in [0.4, 0.5) is 17.6 Å². The topological polar surface area (TPSA) is 22.1 Å². The van der Waals surface area contributed by atoms with Crippen molar-refractivity contribution in [2.45, 2.75) is 319 Å². The molecule has 668 valence electrons. The Hall–Kier alpha value is -8.32. The number of aryl methyl sites for hydroxylation is 6. The van der Waals surface area contributed by atoms with Crippen molar-refractivity contribution < 1.29 is 22.3 Å². The number of aromatic nitrogens is 1. The second kappa shape index (κ2) is 58.0. The highest BCUT2D eigenvalue weighted by atomic mass is 35.5. The summed E-state index contributed by atoms with van der Waals surface area (Å²) >= 11 is 5.92. The summed E-state index contributed by atoms with van der Waals surface area (Å²) in [5.74, 6) is 10.3. The summed E-state index contributed by atoms with van der Waals surface area (Å²) in [4.78, 5) is 4.01. The summed E-state index contributed by atoms with van der Waals surface area (Å²) in [6.45, 7) is 66.3. The minimum absolute atomic E-state index is 0.0833. The van der Waals surface area contributed by atoms with Gasteiger partial charge in [0.2, 0.25) is 0 Å². The minimum atomic E-state index is -4.24. The van der Waals surface area contributed by atoms with E-state index >= 15 is 0 Å². The van der Waals surface area contributed by atoms with Gasteiger partial charge in [-0.15, -0.1) is 0 Å². The number of halogens is 5. The van der Waals surface area contributed by atoms with Gasteiger partial charge >= 0.3 is 6.18 Å². The number of hydrogen-bond donors (Lipinski definition) is 0. The zero-order chi connectivity index (χ0) is 92.1. The Kier molecular flexibility index (Phi) is 52.2. The van der Waals surface area contributed by atoms with E-state index in [1.54, 1.807) is 46.2 Å². The first kappa shape index (κ1) is 110. The van der Waals surface area contributed by atoms with Crippen LogP contribution in [-0.2, 0) is 6.18 Å². The third kappa shape index (κ3) is 43.8. The van der Waals surface area contributed by atoms with E-state index in [9.17, 15) is 17.6 Å². The van der Waals surface area contributed by atoms with Gasteiger partial charge < -0.3 is 4.74 Å². The molecule has 2 aliphatic carbocycles. The highest BCUT2D eigenvalue weighted by molar-refractivity contribution is 6.31. The van der Waals surface area contributed by atoms with Crippen molar-refractivity contribution in [3.8, 4) is 5.75 Å². The predicted octanol–water partition coefficient (Wildman–Crippen LogP) is 37.6.